The van der Waals surface area contributed by atoms with Crippen LogP contribution in [0.4, 0.5) is 0 Å². The topological polar surface area (TPSA) is 13.1 Å². The third kappa shape index (κ3) is 3.55. The van der Waals surface area contributed by atoms with Gasteiger partial charge in [-0.15, -0.1) is 11.3 Å². The Morgan fingerprint density at radius 2 is 0.958 bits per heavy atom. The van der Waals surface area contributed by atoms with Crippen molar-refractivity contribution in [1.29, 1.82) is 0 Å². The highest BCUT2D eigenvalue weighted by atomic mass is 32.1. The first kappa shape index (κ1) is 26.1. The lowest BCUT2D eigenvalue weighted by Crippen LogP contribution is -1.91. The summed E-state index contributed by atoms with van der Waals surface area (Å²) in [6, 6.07) is 57.7. The Labute approximate surface area is 279 Å². The molecule has 0 fully saturated rings. The Bertz CT molecular complexity index is 3060. The molecule has 1 nitrogen and oxygen atoms in total. The third-order valence-corrected chi connectivity index (χ3v) is 11.4. The second-order valence-corrected chi connectivity index (χ2v) is 13.8. The van der Waals surface area contributed by atoms with E-state index in [4.69, 9.17) is 4.42 Å². The number of benzene rings is 9. The molecule has 9 aromatic carbocycles. The molecule has 0 spiro atoms. The van der Waals surface area contributed by atoms with Crippen molar-refractivity contribution in [2.45, 2.75) is 0 Å². The van der Waals surface area contributed by atoms with E-state index in [-0.39, 0.29) is 0 Å². The third-order valence-electron chi connectivity index (χ3n) is 10.2. The summed E-state index contributed by atoms with van der Waals surface area (Å²) in [6.07, 6.45) is 0. The number of thiophene rings is 1. The van der Waals surface area contributed by atoms with E-state index in [0.29, 0.717) is 0 Å². The van der Waals surface area contributed by atoms with Crippen LogP contribution in [0.3, 0.4) is 0 Å². The largest absolute Gasteiger partial charge is 0.454 e. The summed E-state index contributed by atoms with van der Waals surface area (Å²) in [7, 11) is 0. The number of rotatable bonds is 2. The second-order valence-electron chi connectivity index (χ2n) is 12.8. The van der Waals surface area contributed by atoms with Gasteiger partial charge in [0.05, 0.1) is 4.70 Å². The molecule has 0 unspecified atom stereocenters. The monoisotopic (exact) mass is 626 g/mol. The zero-order valence-electron chi connectivity index (χ0n) is 25.8. The van der Waals surface area contributed by atoms with Gasteiger partial charge in [-0.1, -0.05) is 133 Å². The van der Waals surface area contributed by atoms with Crippen LogP contribution in [0.5, 0.6) is 0 Å². The molecule has 0 aliphatic rings. The average Bonchev–Trinajstić information content (AvgIpc) is 3.73. The molecular formula is C46H26OS. The van der Waals surface area contributed by atoms with Crippen LogP contribution in [0.1, 0.15) is 0 Å². The normalized spacial score (nSPS) is 12.2. The van der Waals surface area contributed by atoms with E-state index in [9.17, 15) is 0 Å². The molecule has 0 saturated carbocycles. The van der Waals surface area contributed by atoms with E-state index in [1.807, 2.05) is 11.3 Å². The molecule has 0 atom stereocenters. The summed E-state index contributed by atoms with van der Waals surface area (Å²) in [5.41, 5.74) is 6.98. The summed E-state index contributed by atoms with van der Waals surface area (Å²) < 4.78 is 9.37. The zero-order chi connectivity index (χ0) is 31.3. The molecule has 0 bridgehead atoms. The van der Waals surface area contributed by atoms with E-state index in [0.717, 1.165) is 27.3 Å². The van der Waals surface area contributed by atoms with Gasteiger partial charge in [0.25, 0.3) is 0 Å². The van der Waals surface area contributed by atoms with Crippen molar-refractivity contribution in [2.24, 2.45) is 0 Å². The Hall–Kier alpha value is -5.96. The standard InChI is InChI=1S/C46H26OS/c1-2-13-29-25-30(22-21-27(29)11-1)41-32-15-5-7-17-34(32)42(35-18-8-6-16-33(35)41)39-26-38-36-24-23-28-12-3-4-14-31(28)44(36)47-45(38)46-43(39)37-19-9-10-20-40(37)48-46/h1-26H. The van der Waals surface area contributed by atoms with Gasteiger partial charge in [0, 0.05) is 31.6 Å². The van der Waals surface area contributed by atoms with E-state index in [1.54, 1.807) is 0 Å². The SMILES string of the molecule is c1ccc2cc(-c3c4ccccc4c(-c4cc5c6ccc7ccccc7c6oc5c5sc6ccccc6c45)c4ccccc34)ccc2c1. The number of furan rings is 1. The lowest BCUT2D eigenvalue weighted by Gasteiger charge is -2.19. The fraction of sp³-hybridized carbons (Fsp3) is 0. The maximum absolute atomic E-state index is 6.90. The van der Waals surface area contributed by atoms with Crippen molar-refractivity contribution in [1.82, 2.24) is 0 Å². The van der Waals surface area contributed by atoms with Crippen molar-refractivity contribution >= 4 is 96.5 Å². The zero-order valence-corrected chi connectivity index (χ0v) is 26.6. The molecule has 11 aromatic rings. The highest BCUT2D eigenvalue weighted by Gasteiger charge is 2.23. The molecular weight excluding hydrogens is 601 g/mol. The van der Waals surface area contributed by atoms with Gasteiger partial charge in [-0.2, -0.15) is 0 Å². The quantitative estimate of drug-likeness (QED) is 0.174. The van der Waals surface area contributed by atoms with E-state index in [1.165, 1.54) is 80.1 Å². The van der Waals surface area contributed by atoms with Crippen LogP contribution in [-0.4, -0.2) is 0 Å². The predicted octanol–water partition coefficient (Wildman–Crippen LogP) is 13.9. The van der Waals surface area contributed by atoms with Crippen LogP contribution in [0.2, 0.25) is 0 Å². The maximum Gasteiger partial charge on any atom is 0.153 e. The Morgan fingerprint density at radius 1 is 0.375 bits per heavy atom. The molecule has 2 aromatic heterocycles. The van der Waals surface area contributed by atoms with Gasteiger partial charge in [-0.25, -0.2) is 0 Å². The molecule has 2 heterocycles. The van der Waals surface area contributed by atoms with Crippen LogP contribution in [0.15, 0.2) is 162 Å². The predicted molar refractivity (Wildman–Crippen MR) is 208 cm³/mol. The van der Waals surface area contributed by atoms with Crippen molar-refractivity contribution in [3.63, 3.8) is 0 Å². The highest BCUT2D eigenvalue weighted by molar-refractivity contribution is 7.26. The fourth-order valence-electron chi connectivity index (χ4n) is 8.12. The van der Waals surface area contributed by atoms with Gasteiger partial charge in [0.1, 0.15) is 5.58 Å². The van der Waals surface area contributed by atoms with Crippen LogP contribution in [-0.2, 0) is 0 Å². The molecule has 0 aliphatic carbocycles. The van der Waals surface area contributed by atoms with Gasteiger partial charge in [-0.3, -0.25) is 0 Å². The minimum atomic E-state index is 0.959. The first-order valence-corrected chi connectivity index (χ1v) is 17.2. The molecule has 0 amide bonds. The molecule has 0 saturated heterocycles. The lowest BCUT2D eigenvalue weighted by atomic mass is 9.84. The van der Waals surface area contributed by atoms with Crippen LogP contribution in [0, 0.1) is 0 Å². The molecule has 48 heavy (non-hydrogen) atoms. The van der Waals surface area contributed by atoms with Gasteiger partial charge in [-0.05, 0) is 84.2 Å². The Kier molecular flexibility index (Phi) is 5.32. The summed E-state index contributed by atoms with van der Waals surface area (Å²) in [6.45, 7) is 0. The van der Waals surface area contributed by atoms with Crippen LogP contribution >= 0.6 is 11.3 Å². The van der Waals surface area contributed by atoms with Gasteiger partial charge in [0.15, 0.2) is 5.58 Å². The smallest absolute Gasteiger partial charge is 0.153 e. The van der Waals surface area contributed by atoms with Crippen LogP contribution < -0.4 is 0 Å². The molecule has 0 aliphatic heterocycles. The summed E-state index contributed by atoms with van der Waals surface area (Å²) in [4.78, 5) is 0. The lowest BCUT2D eigenvalue weighted by molar-refractivity contribution is 0.677. The van der Waals surface area contributed by atoms with Crippen molar-refractivity contribution in [3.05, 3.63) is 158 Å². The Balaban J connectivity index is 1.34. The van der Waals surface area contributed by atoms with E-state index in [2.05, 4.69) is 158 Å². The van der Waals surface area contributed by atoms with Gasteiger partial charge >= 0.3 is 0 Å². The average molecular weight is 627 g/mol. The summed E-state index contributed by atoms with van der Waals surface area (Å²) in [5.74, 6) is 0. The van der Waals surface area contributed by atoms with Crippen molar-refractivity contribution in [2.75, 3.05) is 0 Å². The number of hydrogen-bond donors (Lipinski definition) is 0. The molecule has 222 valence electrons. The highest BCUT2D eigenvalue weighted by Crippen LogP contribution is 2.51. The first-order chi connectivity index (χ1) is 23.8. The Morgan fingerprint density at radius 3 is 1.71 bits per heavy atom. The minimum absolute atomic E-state index is 0.959. The maximum atomic E-state index is 6.90. The summed E-state index contributed by atoms with van der Waals surface area (Å²) in [5, 5.41) is 14.7. The number of hydrogen-bond acceptors (Lipinski definition) is 2. The molecule has 0 radical (unpaired) electrons. The molecule has 2 heteroatoms. The van der Waals surface area contributed by atoms with Gasteiger partial charge in [0.2, 0.25) is 0 Å². The minimum Gasteiger partial charge on any atom is -0.454 e. The first-order valence-electron chi connectivity index (χ1n) is 16.4. The summed E-state index contributed by atoms with van der Waals surface area (Å²) >= 11 is 1.84. The fourth-order valence-corrected chi connectivity index (χ4v) is 9.33. The van der Waals surface area contributed by atoms with Crippen LogP contribution in [0.25, 0.3) is 107 Å². The van der Waals surface area contributed by atoms with Crippen molar-refractivity contribution < 1.29 is 4.42 Å². The molecule has 11 rings (SSSR count). The second kappa shape index (κ2) is 9.78. The van der Waals surface area contributed by atoms with Crippen molar-refractivity contribution in [3.8, 4) is 22.3 Å². The number of fused-ring (bicyclic) bond motifs is 12. The van der Waals surface area contributed by atoms with Gasteiger partial charge < -0.3 is 4.42 Å². The van der Waals surface area contributed by atoms with E-state index >= 15 is 0 Å². The molecule has 0 N–H and O–H groups in total. The van der Waals surface area contributed by atoms with E-state index < -0.39 is 0 Å².